The minimum atomic E-state index is -0.625. The van der Waals surface area contributed by atoms with E-state index in [0.29, 0.717) is 71.9 Å². The molecule has 0 spiro atoms. The van der Waals surface area contributed by atoms with Crippen LogP contribution in [0.1, 0.15) is 79.3 Å². The third kappa shape index (κ3) is 7.74. The van der Waals surface area contributed by atoms with Gasteiger partial charge in [0.15, 0.2) is 22.9 Å². The third-order valence-electron chi connectivity index (χ3n) is 13.2. The van der Waals surface area contributed by atoms with Gasteiger partial charge in [0.25, 0.3) is 11.8 Å². The van der Waals surface area contributed by atoms with Gasteiger partial charge in [-0.05, 0) is 59.4 Å². The monoisotopic (exact) mass is 982 g/mol. The summed E-state index contributed by atoms with van der Waals surface area (Å²) in [5.41, 5.74) is 3.74. The van der Waals surface area contributed by atoms with E-state index in [1.807, 2.05) is 82.9 Å². The molecule has 4 aromatic carbocycles. The Morgan fingerprint density at radius 3 is 1.41 bits per heavy atom. The zero-order chi connectivity index (χ0) is 48.2. The highest BCUT2D eigenvalue weighted by molar-refractivity contribution is 7.98. The Hall–Kier alpha value is -7.44. The molecular formula is C52H44F2N6O8S2. The molecule has 70 heavy (non-hydrogen) atoms. The number of carbonyl (C=O) groups excluding carboxylic acids is 2. The van der Waals surface area contributed by atoms with E-state index in [1.54, 1.807) is 21.9 Å². The molecule has 0 aliphatic carbocycles. The number of aromatic hydroxyl groups is 2. The summed E-state index contributed by atoms with van der Waals surface area (Å²) >= 11 is 2.85. The van der Waals surface area contributed by atoms with Crippen LogP contribution < -0.4 is 30.3 Å². The highest BCUT2D eigenvalue weighted by atomic mass is 32.2. The van der Waals surface area contributed by atoms with Gasteiger partial charge in [-0.1, -0.05) is 72.8 Å². The van der Waals surface area contributed by atoms with Crippen molar-refractivity contribution < 1.29 is 38.1 Å². The molecule has 14 nitrogen and oxygen atoms in total. The van der Waals surface area contributed by atoms with Crippen LogP contribution in [0.2, 0.25) is 0 Å². The molecule has 6 aliphatic rings. The number of thioether (sulfide) groups is 2. The number of aromatic nitrogens is 2. The Kier molecular flexibility index (Phi) is 11.9. The maximum absolute atomic E-state index is 15.1. The second-order valence-corrected chi connectivity index (χ2v) is 19.2. The van der Waals surface area contributed by atoms with Crippen molar-refractivity contribution in [1.29, 1.82) is 0 Å². The van der Waals surface area contributed by atoms with Crippen LogP contribution in [0.15, 0.2) is 141 Å². The average molecular weight is 983 g/mol. The minimum Gasteiger partial charge on any atom is -0.502 e. The summed E-state index contributed by atoms with van der Waals surface area (Å²) in [7, 11) is 0. The SMILES string of the molecule is O=C1c2c(O)c(=O)ccn2N2CN1CC/C=C/COc1cccc3c1[C@@H]2c1cccc(F)c1SC3.O=C1c2c(O)c(=O)ccn2N2CN1CC/C=C/COc1cccc3c1[C@H]2c1cccc(F)c1SC3. The predicted octanol–water partition coefficient (Wildman–Crippen LogP) is 7.56. The fraction of sp³-hybridized carbons (Fsp3) is 0.231. The first-order chi connectivity index (χ1) is 34.1. The van der Waals surface area contributed by atoms with E-state index in [9.17, 15) is 29.4 Å². The van der Waals surface area contributed by atoms with Crippen LogP contribution in [0.4, 0.5) is 8.78 Å². The van der Waals surface area contributed by atoms with Crippen molar-refractivity contribution in [3.63, 3.8) is 0 Å². The van der Waals surface area contributed by atoms with Gasteiger partial charge >= 0.3 is 0 Å². The molecule has 0 fully saturated rings. The van der Waals surface area contributed by atoms with Crippen LogP contribution in [0, 0.1) is 11.6 Å². The summed E-state index contributed by atoms with van der Waals surface area (Å²) in [6.07, 6.45) is 11.9. The van der Waals surface area contributed by atoms with Crippen molar-refractivity contribution in [2.75, 3.05) is 49.7 Å². The van der Waals surface area contributed by atoms with Crippen LogP contribution in [0.5, 0.6) is 23.0 Å². The molecule has 0 radical (unpaired) electrons. The van der Waals surface area contributed by atoms with E-state index in [-0.39, 0.29) is 36.4 Å². The predicted molar refractivity (Wildman–Crippen MR) is 260 cm³/mol. The molecule has 0 unspecified atom stereocenters. The Morgan fingerprint density at radius 1 is 0.543 bits per heavy atom. The molecule has 12 rings (SSSR count). The number of halogens is 2. The Balaban J connectivity index is 0.000000152. The molecule has 2 N–H and O–H groups in total. The molecule has 0 saturated heterocycles. The summed E-state index contributed by atoms with van der Waals surface area (Å²) in [4.78, 5) is 55.6. The van der Waals surface area contributed by atoms with E-state index in [0.717, 1.165) is 33.4 Å². The lowest BCUT2D eigenvalue weighted by atomic mass is 9.93. The van der Waals surface area contributed by atoms with Crippen LogP contribution in [-0.2, 0) is 11.5 Å². The maximum Gasteiger partial charge on any atom is 0.277 e. The zero-order valence-corrected chi connectivity index (χ0v) is 39.0. The first kappa shape index (κ1) is 45.0. The van der Waals surface area contributed by atoms with Gasteiger partial charge in [-0.25, -0.2) is 8.78 Å². The molecule has 356 valence electrons. The van der Waals surface area contributed by atoms with Gasteiger partial charge in [0.1, 0.15) is 61.8 Å². The molecule has 18 heteroatoms. The van der Waals surface area contributed by atoms with Crippen LogP contribution in [-0.4, -0.2) is 80.8 Å². The van der Waals surface area contributed by atoms with Gasteiger partial charge in [-0.15, -0.1) is 23.5 Å². The van der Waals surface area contributed by atoms with E-state index >= 15 is 8.78 Å². The van der Waals surface area contributed by atoms with Crippen molar-refractivity contribution in [3.8, 4) is 23.0 Å². The van der Waals surface area contributed by atoms with E-state index < -0.39 is 46.3 Å². The van der Waals surface area contributed by atoms with Gasteiger partial charge in [-0.3, -0.25) is 38.5 Å². The van der Waals surface area contributed by atoms with Gasteiger partial charge in [0.2, 0.25) is 10.9 Å². The topological polar surface area (TPSA) is 150 Å². The molecule has 2 aromatic heterocycles. The molecule has 6 aromatic rings. The van der Waals surface area contributed by atoms with Crippen LogP contribution in [0.25, 0.3) is 0 Å². The van der Waals surface area contributed by atoms with Crippen molar-refractivity contribution in [3.05, 3.63) is 198 Å². The van der Waals surface area contributed by atoms with Gasteiger partial charge < -0.3 is 29.5 Å². The third-order valence-corrected chi connectivity index (χ3v) is 15.5. The standard InChI is InChI=1S/2C26H22FN3O4S/c2*27-18-8-5-7-17-22-21-16(14-35-25(17)18)6-4-9-20(21)34-13-3-1-2-11-28-15-30(22)29-12-10-19(31)24(32)23(29)26(28)33/h2*1,3-10,12,22,32H,2,11,13-15H2/b2*3-1+/t2*22-/m10/s1. The number of carbonyl (C=O) groups is 2. The molecular weight excluding hydrogens is 939 g/mol. The Morgan fingerprint density at radius 2 is 0.971 bits per heavy atom. The highest BCUT2D eigenvalue weighted by Gasteiger charge is 2.42. The molecule has 6 aliphatic heterocycles. The molecule has 8 heterocycles. The number of pyridine rings is 2. The minimum absolute atomic E-state index is 0.0976. The Bertz CT molecular complexity index is 3090. The van der Waals surface area contributed by atoms with Gasteiger partial charge in [0.05, 0.1) is 0 Å². The normalized spacial score (nSPS) is 19.8. The number of nitrogens with zero attached hydrogens (tertiary/aromatic N) is 6. The lowest BCUT2D eigenvalue weighted by Crippen LogP contribution is -2.55. The summed E-state index contributed by atoms with van der Waals surface area (Å²) in [5.74, 6) is -0.227. The lowest BCUT2D eigenvalue weighted by Gasteiger charge is -2.44. The quantitative estimate of drug-likeness (QED) is 0.145. The van der Waals surface area contributed by atoms with E-state index in [4.69, 9.17) is 9.47 Å². The van der Waals surface area contributed by atoms with Crippen LogP contribution >= 0.6 is 23.5 Å². The number of ether oxygens (including phenoxy) is 2. The molecule has 2 atom stereocenters. The number of fused-ring (bicyclic) bond motifs is 14. The molecule has 2 amide bonds. The number of amides is 2. The largest absolute Gasteiger partial charge is 0.502 e. The smallest absolute Gasteiger partial charge is 0.277 e. The van der Waals surface area contributed by atoms with Crippen molar-refractivity contribution in [2.24, 2.45) is 0 Å². The number of hydrogen-bond acceptors (Lipinski definition) is 12. The second-order valence-electron chi connectivity index (χ2n) is 17.2. The zero-order valence-electron chi connectivity index (χ0n) is 37.4. The fourth-order valence-corrected chi connectivity index (χ4v) is 12.2. The second kappa shape index (κ2) is 18.5. The van der Waals surface area contributed by atoms with Crippen LogP contribution in [0.3, 0.4) is 0 Å². The number of hydrogen-bond donors (Lipinski definition) is 2. The van der Waals surface area contributed by atoms with E-state index in [1.165, 1.54) is 69.5 Å². The first-order valence-electron chi connectivity index (χ1n) is 22.7. The lowest BCUT2D eigenvalue weighted by molar-refractivity contribution is 0.0674. The molecule has 0 saturated carbocycles. The van der Waals surface area contributed by atoms with Crippen molar-refractivity contribution in [1.82, 2.24) is 19.2 Å². The fourth-order valence-electron chi connectivity index (χ4n) is 9.96. The van der Waals surface area contributed by atoms with Crippen molar-refractivity contribution >= 4 is 35.3 Å². The summed E-state index contributed by atoms with van der Waals surface area (Å²) < 4.78 is 45.7. The number of benzene rings is 4. The summed E-state index contributed by atoms with van der Waals surface area (Å²) in [5, 5.41) is 25.1. The molecule has 4 bridgehead atoms. The summed E-state index contributed by atoms with van der Waals surface area (Å²) in [6.45, 7) is 1.87. The van der Waals surface area contributed by atoms with Crippen molar-refractivity contribution in [2.45, 2.75) is 46.2 Å². The van der Waals surface area contributed by atoms with Gasteiger partial charge in [0, 0.05) is 70.0 Å². The highest BCUT2D eigenvalue weighted by Crippen LogP contribution is 2.49. The summed E-state index contributed by atoms with van der Waals surface area (Å²) in [6, 6.07) is 23.1. The maximum atomic E-state index is 15.1. The Labute approximate surface area is 408 Å². The number of rotatable bonds is 0. The van der Waals surface area contributed by atoms with Gasteiger partial charge in [-0.2, -0.15) is 0 Å². The average Bonchev–Trinajstić information content (AvgIpc) is 3.64. The van der Waals surface area contributed by atoms with E-state index in [2.05, 4.69) is 0 Å². The first-order valence-corrected chi connectivity index (χ1v) is 24.7.